The number of amides is 1. The van der Waals surface area contributed by atoms with Crippen LogP contribution in [0.15, 0.2) is 91.8 Å². The molecule has 0 atom stereocenters. The van der Waals surface area contributed by atoms with Crippen LogP contribution in [0.1, 0.15) is 73.2 Å². The van der Waals surface area contributed by atoms with Crippen LogP contribution in [0, 0.1) is 5.41 Å². The van der Waals surface area contributed by atoms with Crippen LogP contribution >= 0.6 is 0 Å². The first-order valence-electron chi connectivity index (χ1n) is 14.6. The lowest BCUT2D eigenvalue weighted by molar-refractivity contribution is -0.137. The predicted molar refractivity (Wildman–Crippen MR) is 184 cm³/mol. The average Bonchev–Trinajstić information content (AvgIpc) is 3.08. The maximum absolute atomic E-state index is 11.9. The number of Topliss-reactive ketones (excluding diaryl/α,β-unsaturated/α-hetero) is 2. The number of carbonyl (C=O) groups is 5. The molecule has 13 heteroatoms. The van der Waals surface area contributed by atoms with Gasteiger partial charge >= 0.3 is 11.9 Å². The predicted octanol–water partition coefficient (Wildman–Crippen LogP) is 6.12. The van der Waals surface area contributed by atoms with Crippen LogP contribution in [0.4, 0.5) is 5.69 Å². The highest BCUT2D eigenvalue weighted by Gasteiger charge is 2.26. The number of rotatable bonds is 7. The molecule has 13 nitrogen and oxygen atoms in total. The van der Waals surface area contributed by atoms with Gasteiger partial charge in [-0.2, -0.15) is 0 Å². The molecule has 0 aliphatic carbocycles. The summed E-state index contributed by atoms with van der Waals surface area (Å²) in [6.07, 6.45) is 9.01. The van der Waals surface area contributed by atoms with E-state index >= 15 is 0 Å². The number of carboxylic acid groups (broad SMARTS) is 1. The van der Waals surface area contributed by atoms with Crippen LogP contribution in [0.5, 0.6) is 0 Å². The fourth-order valence-corrected chi connectivity index (χ4v) is 3.76. The first-order chi connectivity index (χ1) is 22.8. The minimum absolute atomic E-state index is 0. The van der Waals surface area contributed by atoms with Crippen molar-refractivity contribution in [3.63, 3.8) is 0 Å². The van der Waals surface area contributed by atoms with Crippen LogP contribution in [0.25, 0.3) is 22.3 Å². The average molecular weight is 667 g/mol. The molecule has 0 aliphatic heterocycles. The van der Waals surface area contributed by atoms with Crippen molar-refractivity contribution >= 4 is 46.0 Å². The lowest BCUT2D eigenvalue weighted by Crippen LogP contribution is -2.29. The summed E-state index contributed by atoms with van der Waals surface area (Å²) in [4.78, 5) is 77.4. The van der Waals surface area contributed by atoms with Gasteiger partial charge in [0.25, 0.3) is 5.78 Å². The number of ketones is 2. The van der Waals surface area contributed by atoms with E-state index in [1.165, 1.54) is 37.6 Å². The van der Waals surface area contributed by atoms with E-state index in [-0.39, 0.29) is 42.5 Å². The van der Waals surface area contributed by atoms with Gasteiger partial charge in [-0.1, -0.05) is 40.3 Å². The van der Waals surface area contributed by atoms with E-state index in [9.17, 15) is 29.1 Å². The maximum Gasteiger partial charge on any atom is 0.379 e. The van der Waals surface area contributed by atoms with Crippen LogP contribution in [-0.4, -0.2) is 66.0 Å². The molecular weight excluding hydrogens is 628 g/mol. The van der Waals surface area contributed by atoms with E-state index in [2.05, 4.69) is 35.0 Å². The van der Waals surface area contributed by atoms with Gasteiger partial charge in [-0.15, -0.1) is 0 Å². The second-order valence-electron chi connectivity index (χ2n) is 10.9. The van der Waals surface area contributed by atoms with E-state index < -0.39 is 23.1 Å². The van der Waals surface area contributed by atoms with Gasteiger partial charge in [-0.05, 0) is 49.4 Å². The molecule has 0 saturated heterocycles. The second kappa shape index (κ2) is 18.2. The summed E-state index contributed by atoms with van der Waals surface area (Å²) in [5.74, 6) is -3.05. The molecule has 5 aromatic rings. The normalized spacial score (nSPS) is 10.1. The molecule has 0 bridgehead atoms. The Morgan fingerprint density at radius 2 is 1.47 bits per heavy atom. The van der Waals surface area contributed by atoms with Crippen molar-refractivity contribution in [3.05, 3.63) is 109 Å². The third-order valence-electron chi connectivity index (χ3n) is 6.25. The van der Waals surface area contributed by atoms with Gasteiger partial charge in [-0.3, -0.25) is 34.3 Å². The molecular formula is C36H38N6O7. The van der Waals surface area contributed by atoms with Gasteiger partial charge in [0.1, 0.15) is 5.69 Å². The number of hydrogen-bond acceptors (Lipinski definition) is 11. The molecule has 0 unspecified atom stereocenters. The van der Waals surface area contributed by atoms with Gasteiger partial charge in [0.15, 0.2) is 5.78 Å². The lowest BCUT2D eigenvalue weighted by atomic mass is 9.95. The molecule has 2 N–H and O–H groups in total. The number of pyridine rings is 5. The number of carboxylic acids is 1. The molecule has 5 heterocycles. The van der Waals surface area contributed by atoms with E-state index in [0.29, 0.717) is 28.0 Å². The van der Waals surface area contributed by atoms with Crippen molar-refractivity contribution < 1.29 is 33.8 Å². The van der Waals surface area contributed by atoms with Crippen molar-refractivity contribution in [1.82, 2.24) is 24.9 Å². The number of fused-ring (bicyclic) bond motifs is 1. The lowest BCUT2D eigenvalue weighted by Gasteiger charge is -2.18. The Balaban J connectivity index is 0.000000269. The number of nitrogens with zero attached hydrogens (tertiary/aromatic N) is 5. The van der Waals surface area contributed by atoms with Gasteiger partial charge in [-0.25, -0.2) is 14.6 Å². The van der Waals surface area contributed by atoms with Crippen LogP contribution < -0.4 is 5.32 Å². The molecule has 49 heavy (non-hydrogen) atoms. The third-order valence-corrected chi connectivity index (χ3v) is 6.25. The highest BCUT2D eigenvalue weighted by Crippen LogP contribution is 2.23. The van der Waals surface area contributed by atoms with Crippen molar-refractivity contribution in [2.45, 2.75) is 42.0 Å². The molecule has 0 fully saturated rings. The maximum atomic E-state index is 11.9. The molecule has 5 aromatic heterocycles. The number of aromatic nitrogens is 5. The first kappa shape index (κ1) is 38.9. The first-order valence-corrected chi connectivity index (χ1v) is 14.6. The molecule has 0 aliphatic rings. The molecule has 254 valence electrons. The molecule has 5 rings (SSSR count). The number of carbonyl (C=O) groups excluding carboxylic acids is 4. The summed E-state index contributed by atoms with van der Waals surface area (Å²) in [6, 6.07) is 15.4. The molecule has 0 spiro atoms. The van der Waals surface area contributed by atoms with Crippen molar-refractivity contribution in [2.75, 3.05) is 11.9 Å². The van der Waals surface area contributed by atoms with E-state index in [4.69, 9.17) is 0 Å². The Kier molecular flexibility index (Phi) is 14.5. The minimum Gasteiger partial charge on any atom is -0.478 e. The van der Waals surface area contributed by atoms with Crippen molar-refractivity contribution in [1.29, 1.82) is 0 Å². The summed E-state index contributed by atoms with van der Waals surface area (Å²) < 4.78 is 4.66. The largest absolute Gasteiger partial charge is 0.478 e. The number of ether oxygens (including phenoxy) is 1. The topological polar surface area (TPSA) is 191 Å². The SMILES string of the molecule is C.CC(=O)c1ccccn1.CCOC(=O)C(=O)c1cnccc1NC(=O)C(C)(C)C.O=C(O)c1cc(-c2ccccn2)nc2ccncc12. The zero-order valence-corrected chi connectivity index (χ0v) is 27.0. The quantitative estimate of drug-likeness (QED) is 0.115. The summed E-state index contributed by atoms with van der Waals surface area (Å²) >= 11 is 0. The monoisotopic (exact) mass is 666 g/mol. The Labute approximate surface area is 283 Å². The Hall–Kier alpha value is -6.24. The molecule has 1 amide bonds. The van der Waals surface area contributed by atoms with Crippen molar-refractivity contribution in [3.8, 4) is 11.4 Å². The highest BCUT2D eigenvalue weighted by atomic mass is 16.5. The summed E-state index contributed by atoms with van der Waals surface area (Å²) in [6.45, 7) is 8.46. The Bertz CT molecular complexity index is 1910. The minimum atomic E-state index is -1.00. The fourth-order valence-electron chi connectivity index (χ4n) is 3.76. The molecule has 0 radical (unpaired) electrons. The van der Waals surface area contributed by atoms with Crippen LogP contribution in [0.2, 0.25) is 0 Å². The summed E-state index contributed by atoms with van der Waals surface area (Å²) in [5, 5.41) is 12.4. The van der Waals surface area contributed by atoms with Gasteiger partial charge in [0, 0.05) is 54.9 Å². The number of hydrogen-bond donors (Lipinski definition) is 2. The van der Waals surface area contributed by atoms with Gasteiger partial charge in [0.05, 0.1) is 40.3 Å². The van der Waals surface area contributed by atoms with Crippen LogP contribution in [0.3, 0.4) is 0 Å². The standard InChI is InChI=1S/C14H9N3O2.C14H18N2O4.C7H7NO.CH4/c18-14(19)9-7-13(12-3-1-2-5-16-12)17-11-4-6-15-8-10(9)11;1-5-20-12(18)11(17)9-8-15-7-6-10(9)16-13(19)14(2,3)4;1-6(9)7-4-2-3-5-8-7;/h1-8H,(H,18,19);6-8H,5H2,1-4H3,(H,15,16,19);2-5H,1H3;1H4. The summed E-state index contributed by atoms with van der Waals surface area (Å²) in [5.41, 5.74) is 2.13. The zero-order valence-electron chi connectivity index (χ0n) is 27.0. The van der Waals surface area contributed by atoms with Crippen LogP contribution in [-0.2, 0) is 14.3 Å². The molecule has 0 aromatic carbocycles. The Morgan fingerprint density at radius 3 is 2.02 bits per heavy atom. The third kappa shape index (κ3) is 11.2. The zero-order chi connectivity index (χ0) is 35.3. The number of aromatic carboxylic acids is 1. The summed E-state index contributed by atoms with van der Waals surface area (Å²) in [7, 11) is 0. The number of nitrogens with one attached hydrogen (secondary N) is 1. The van der Waals surface area contributed by atoms with E-state index in [0.717, 1.165) is 0 Å². The Morgan fingerprint density at radius 1 is 0.816 bits per heavy atom. The molecule has 0 saturated carbocycles. The number of esters is 1. The second-order valence-corrected chi connectivity index (χ2v) is 10.9. The smallest absolute Gasteiger partial charge is 0.379 e. The fraction of sp³-hybridized carbons (Fsp3) is 0.222. The van der Waals surface area contributed by atoms with E-state index in [1.54, 1.807) is 82.7 Å². The highest BCUT2D eigenvalue weighted by molar-refractivity contribution is 6.42. The van der Waals surface area contributed by atoms with Crippen molar-refractivity contribution in [2.24, 2.45) is 5.41 Å². The van der Waals surface area contributed by atoms with E-state index in [1.807, 2.05) is 6.07 Å². The van der Waals surface area contributed by atoms with Gasteiger partial charge < -0.3 is 15.2 Å². The van der Waals surface area contributed by atoms with Gasteiger partial charge in [0.2, 0.25) is 5.91 Å². The number of anilines is 1.